The largest absolute Gasteiger partial charge is 0.465 e. The smallest absolute Gasteiger partial charge is 0.410 e. The van der Waals surface area contributed by atoms with Crippen LogP contribution in [-0.4, -0.2) is 22.1 Å². The molecule has 0 atom stereocenters. The van der Waals surface area contributed by atoms with E-state index in [1.807, 2.05) is 0 Å². The summed E-state index contributed by atoms with van der Waals surface area (Å²) < 4.78 is 0. The number of benzene rings is 1. The van der Waals surface area contributed by atoms with E-state index in [2.05, 4.69) is 15.6 Å². The van der Waals surface area contributed by atoms with Gasteiger partial charge in [0, 0.05) is 5.38 Å². The first-order valence-electron chi connectivity index (χ1n) is 5.63. The number of para-hydroxylation sites is 2. The van der Waals surface area contributed by atoms with Crippen LogP contribution in [0.1, 0.15) is 5.69 Å². The molecule has 104 valence electrons. The van der Waals surface area contributed by atoms with Crippen LogP contribution in [0.3, 0.4) is 0 Å². The van der Waals surface area contributed by atoms with Gasteiger partial charge in [-0.3, -0.25) is 10.1 Å². The molecule has 1 aromatic carbocycles. The third-order valence-electron chi connectivity index (χ3n) is 2.34. The van der Waals surface area contributed by atoms with Crippen LogP contribution < -0.4 is 16.4 Å². The van der Waals surface area contributed by atoms with E-state index >= 15 is 0 Å². The summed E-state index contributed by atoms with van der Waals surface area (Å²) in [5.41, 5.74) is 7.23. The van der Waals surface area contributed by atoms with E-state index in [0.29, 0.717) is 17.1 Å². The molecule has 1 aromatic heterocycles. The molecule has 0 aliphatic carbocycles. The highest BCUT2D eigenvalue weighted by molar-refractivity contribution is 7.13. The molecule has 0 radical (unpaired) electrons. The van der Waals surface area contributed by atoms with Crippen molar-refractivity contribution in [3.05, 3.63) is 35.3 Å². The maximum Gasteiger partial charge on any atom is 0.410 e. The van der Waals surface area contributed by atoms with Gasteiger partial charge in [0.05, 0.1) is 23.5 Å². The first-order valence-corrected chi connectivity index (χ1v) is 6.51. The van der Waals surface area contributed by atoms with E-state index < -0.39 is 6.09 Å². The van der Waals surface area contributed by atoms with Crippen molar-refractivity contribution in [2.75, 3.05) is 16.4 Å². The highest BCUT2D eigenvalue weighted by atomic mass is 32.1. The van der Waals surface area contributed by atoms with E-state index in [-0.39, 0.29) is 17.5 Å². The fourth-order valence-electron chi connectivity index (χ4n) is 1.51. The molecule has 1 heterocycles. The summed E-state index contributed by atoms with van der Waals surface area (Å²) in [7, 11) is 0. The maximum absolute atomic E-state index is 11.8. The Hall–Kier alpha value is -2.61. The first-order chi connectivity index (χ1) is 9.54. The van der Waals surface area contributed by atoms with Crippen LogP contribution in [0.15, 0.2) is 29.6 Å². The second-order valence-electron chi connectivity index (χ2n) is 3.89. The number of hydrogen-bond donors (Lipinski definition) is 4. The number of rotatable bonds is 4. The molecule has 20 heavy (non-hydrogen) atoms. The zero-order valence-electron chi connectivity index (χ0n) is 10.3. The molecular formula is C12H12N4O3S. The number of nitrogens with two attached hydrogens (primary N) is 1. The average molecular weight is 292 g/mol. The van der Waals surface area contributed by atoms with Crippen molar-refractivity contribution in [2.24, 2.45) is 0 Å². The number of anilines is 3. The second-order valence-corrected chi connectivity index (χ2v) is 4.74. The molecular weight excluding hydrogens is 280 g/mol. The van der Waals surface area contributed by atoms with Crippen LogP contribution in [0.5, 0.6) is 0 Å². The number of hydrogen-bond acceptors (Lipinski definition) is 5. The predicted octanol–water partition coefficient (Wildman–Crippen LogP) is 2.00. The predicted molar refractivity (Wildman–Crippen MR) is 76.9 cm³/mol. The number of nitrogens with one attached hydrogen (secondary N) is 2. The summed E-state index contributed by atoms with van der Waals surface area (Å²) in [6, 6.07) is 6.93. The Bertz CT molecular complexity index is 641. The lowest BCUT2D eigenvalue weighted by Crippen LogP contribution is -2.15. The lowest BCUT2D eigenvalue weighted by atomic mass is 10.2. The van der Waals surface area contributed by atoms with Gasteiger partial charge in [-0.2, -0.15) is 0 Å². The monoisotopic (exact) mass is 292 g/mol. The van der Waals surface area contributed by atoms with Gasteiger partial charge in [0.1, 0.15) is 0 Å². The van der Waals surface area contributed by atoms with Crippen molar-refractivity contribution in [3.63, 3.8) is 0 Å². The fourth-order valence-corrected chi connectivity index (χ4v) is 2.21. The number of thiazole rings is 1. The summed E-state index contributed by atoms with van der Waals surface area (Å²) in [6.07, 6.45) is -1.14. The van der Waals surface area contributed by atoms with Gasteiger partial charge in [-0.25, -0.2) is 9.78 Å². The fraction of sp³-hybridized carbons (Fsp3) is 0.0833. The van der Waals surface area contributed by atoms with Crippen molar-refractivity contribution >= 4 is 39.8 Å². The molecule has 0 fully saturated rings. The summed E-state index contributed by atoms with van der Waals surface area (Å²) in [4.78, 5) is 26.3. The summed E-state index contributed by atoms with van der Waals surface area (Å²) in [5.74, 6) is -0.268. The van der Waals surface area contributed by atoms with Crippen molar-refractivity contribution in [1.29, 1.82) is 0 Å². The highest BCUT2D eigenvalue weighted by Crippen LogP contribution is 2.18. The van der Waals surface area contributed by atoms with Crippen LogP contribution in [0.25, 0.3) is 0 Å². The number of carboxylic acid groups (broad SMARTS) is 1. The normalized spacial score (nSPS) is 10.0. The molecule has 0 aliphatic heterocycles. The van der Waals surface area contributed by atoms with Crippen molar-refractivity contribution < 1.29 is 14.7 Å². The zero-order valence-corrected chi connectivity index (χ0v) is 11.1. The summed E-state index contributed by atoms with van der Waals surface area (Å²) in [6.45, 7) is 0. The average Bonchev–Trinajstić information content (AvgIpc) is 2.78. The van der Waals surface area contributed by atoms with Gasteiger partial charge in [-0.15, -0.1) is 11.3 Å². The van der Waals surface area contributed by atoms with Gasteiger partial charge in [0.25, 0.3) is 0 Å². The molecule has 0 unspecified atom stereocenters. The summed E-state index contributed by atoms with van der Waals surface area (Å²) in [5, 5.41) is 15.2. The lowest BCUT2D eigenvalue weighted by Gasteiger charge is -2.06. The molecule has 2 rings (SSSR count). The van der Waals surface area contributed by atoms with Crippen LogP contribution in [-0.2, 0) is 11.2 Å². The molecule has 0 saturated heterocycles. The number of nitrogens with zero attached hydrogens (tertiary/aromatic N) is 1. The van der Waals surface area contributed by atoms with Crippen LogP contribution in [0.4, 0.5) is 21.3 Å². The Morgan fingerprint density at radius 2 is 2.05 bits per heavy atom. The SMILES string of the molecule is Nc1ccccc1NC(=O)Cc1csc(NC(=O)O)n1. The molecule has 0 aliphatic rings. The second kappa shape index (κ2) is 6.02. The third kappa shape index (κ3) is 3.69. The number of amides is 2. The zero-order chi connectivity index (χ0) is 14.5. The quantitative estimate of drug-likeness (QED) is 0.643. The Labute approximate surface area is 118 Å². The molecule has 0 spiro atoms. The molecule has 7 nitrogen and oxygen atoms in total. The van der Waals surface area contributed by atoms with E-state index in [0.717, 1.165) is 11.3 Å². The molecule has 5 N–H and O–H groups in total. The highest BCUT2D eigenvalue weighted by Gasteiger charge is 2.10. The minimum absolute atomic E-state index is 0.0478. The van der Waals surface area contributed by atoms with Crippen molar-refractivity contribution in [2.45, 2.75) is 6.42 Å². The van der Waals surface area contributed by atoms with Crippen molar-refractivity contribution in [1.82, 2.24) is 4.98 Å². The summed E-state index contributed by atoms with van der Waals surface area (Å²) >= 11 is 1.12. The molecule has 0 bridgehead atoms. The maximum atomic E-state index is 11.8. The Kier molecular flexibility index (Phi) is 4.16. The number of nitrogen functional groups attached to an aromatic ring is 1. The Balaban J connectivity index is 1.96. The van der Waals surface area contributed by atoms with Gasteiger partial charge >= 0.3 is 6.09 Å². The molecule has 2 amide bonds. The minimum Gasteiger partial charge on any atom is -0.465 e. The number of aromatic nitrogens is 1. The van der Waals surface area contributed by atoms with E-state index in [9.17, 15) is 9.59 Å². The van der Waals surface area contributed by atoms with Crippen LogP contribution in [0, 0.1) is 0 Å². The molecule has 8 heteroatoms. The van der Waals surface area contributed by atoms with Gasteiger partial charge in [-0.1, -0.05) is 12.1 Å². The van der Waals surface area contributed by atoms with Crippen LogP contribution >= 0.6 is 11.3 Å². The van der Waals surface area contributed by atoms with Gasteiger partial charge < -0.3 is 16.2 Å². The van der Waals surface area contributed by atoms with Crippen LogP contribution in [0.2, 0.25) is 0 Å². The topological polar surface area (TPSA) is 117 Å². The van der Waals surface area contributed by atoms with Gasteiger partial charge in [0.15, 0.2) is 5.13 Å². The minimum atomic E-state index is -1.19. The standard InChI is InChI=1S/C12H12N4O3S/c13-8-3-1-2-4-9(8)15-10(17)5-7-6-20-11(14-7)16-12(18)19/h1-4,6H,5,13H2,(H,14,16)(H,15,17)(H,18,19). The number of carbonyl (C=O) groups excluding carboxylic acids is 1. The lowest BCUT2D eigenvalue weighted by molar-refractivity contribution is -0.115. The molecule has 0 saturated carbocycles. The van der Waals surface area contributed by atoms with Crippen molar-refractivity contribution in [3.8, 4) is 0 Å². The van der Waals surface area contributed by atoms with E-state index in [1.54, 1.807) is 29.6 Å². The molecule has 2 aromatic rings. The van der Waals surface area contributed by atoms with E-state index in [1.165, 1.54) is 0 Å². The van der Waals surface area contributed by atoms with Gasteiger partial charge in [-0.05, 0) is 12.1 Å². The Morgan fingerprint density at radius 3 is 2.75 bits per heavy atom. The first kappa shape index (κ1) is 13.8. The Morgan fingerprint density at radius 1 is 1.30 bits per heavy atom. The number of carbonyl (C=O) groups is 2. The van der Waals surface area contributed by atoms with E-state index in [4.69, 9.17) is 10.8 Å². The van der Waals surface area contributed by atoms with Gasteiger partial charge in [0.2, 0.25) is 5.91 Å². The third-order valence-corrected chi connectivity index (χ3v) is 3.15.